The van der Waals surface area contributed by atoms with Gasteiger partial charge in [0.05, 0.1) is 35.4 Å². The molecule has 0 bridgehead atoms. The zero-order valence-corrected chi connectivity index (χ0v) is 21.8. The van der Waals surface area contributed by atoms with E-state index in [9.17, 15) is 13.2 Å². The first-order valence-corrected chi connectivity index (χ1v) is 14.1. The zero-order valence-electron chi connectivity index (χ0n) is 21.0. The van der Waals surface area contributed by atoms with E-state index in [0.29, 0.717) is 34.5 Å². The lowest BCUT2D eigenvalue weighted by Gasteiger charge is -2.19. The molecule has 12 nitrogen and oxygen atoms in total. The molecule has 2 aliphatic rings. The van der Waals surface area contributed by atoms with Crippen LogP contribution < -0.4 is 16.0 Å². The summed E-state index contributed by atoms with van der Waals surface area (Å²) in [6, 6.07) is 2.84. The average Bonchev–Trinajstić information content (AvgIpc) is 3.80. The number of nitrogens with one attached hydrogen (secondary N) is 1. The van der Waals surface area contributed by atoms with Gasteiger partial charge in [0.2, 0.25) is 10.0 Å². The molecule has 0 aromatic carbocycles. The van der Waals surface area contributed by atoms with Gasteiger partial charge in [-0.15, -0.1) is 0 Å². The summed E-state index contributed by atoms with van der Waals surface area (Å²) >= 11 is 0. The Hall–Kier alpha value is -3.84. The van der Waals surface area contributed by atoms with Gasteiger partial charge in [0, 0.05) is 18.2 Å². The Labute approximate surface area is 218 Å². The number of pyridine rings is 1. The number of hydrogen-bond donors (Lipinski definition) is 2. The van der Waals surface area contributed by atoms with Crippen LogP contribution in [0, 0.1) is 12.8 Å². The molecule has 2 fully saturated rings. The van der Waals surface area contributed by atoms with Crippen LogP contribution in [0.15, 0.2) is 40.5 Å². The number of anilines is 1. The van der Waals surface area contributed by atoms with Crippen molar-refractivity contribution in [1.82, 2.24) is 34.5 Å². The third kappa shape index (κ3) is 4.63. The van der Waals surface area contributed by atoms with Crippen molar-refractivity contribution < 1.29 is 8.42 Å². The van der Waals surface area contributed by atoms with Gasteiger partial charge in [0.15, 0.2) is 17.3 Å². The van der Waals surface area contributed by atoms with Crippen LogP contribution >= 0.6 is 0 Å². The maximum absolute atomic E-state index is 13.7. The molecule has 2 aliphatic carbocycles. The molecule has 38 heavy (non-hydrogen) atoms. The molecule has 0 aliphatic heterocycles. The van der Waals surface area contributed by atoms with Crippen molar-refractivity contribution >= 4 is 27.0 Å². The summed E-state index contributed by atoms with van der Waals surface area (Å²) in [5.41, 5.74) is 3.79. The molecule has 4 heterocycles. The van der Waals surface area contributed by atoms with Crippen molar-refractivity contribution in [3.8, 4) is 11.4 Å². The molecule has 4 aromatic heterocycles. The van der Waals surface area contributed by atoms with Crippen molar-refractivity contribution in [1.29, 1.82) is 0 Å². The Morgan fingerprint density at radius 3 is 2.53 bits per heavy atom. The number of aryl methyl sites for hydroxylation is 1. The van der Waals surface area contributed by atoms with Crippen LogP contribution in [0.1, 0.15) is 61.6 Å². The summed E-state index contributed by atoms with van der Waals surface area (Å²) in [6.07, 6.45) is 8.67. The number of hydrogen-bond acceptors (Lipinski definition) is 10. The van der Waals surface area contributed by atoms with Gasteiger partial charge in [0.1, 0.15) is 16.7 Å². The lowest BCUT2D eigenvalue weighted by molar-refractivity contribution is 0.482. The largest absolute Gasteiger partial charge is 0.360 e. The Bertz CT molecular complexity index is 1710. The molecule has 3 N–H and O–H groups in total. The summed E-state index contributed by atoms with van der Waals surface area (Å²) in [7, 11) is -3.84. The van der Waals surface area contributed by atoms with Gasteiger partial charge >= 0.3 is 0 Å². The molecule has 0 amide bonds. The second kappa shape index (κ2) is 9.17. The Kier molecular flexibility index (Phi) is 5.91. The Morgan fingerprint density at radius 2 is 1.87 bits per heavy atom. The maximum Gasteiger partial charge on any atom is 0.295 e. The highest BCUT2D eigenvalue weighted by molar-refractivity contribution is 7.89. The van der Waals surface area contributed by atoms with Crippen LogP contribution in [0.25, 0.3) is 22.6 Å². The second-order valence-corrected chi connectivity index (χ2v) is 11.6. The molecule has 2 saturated carbocycles. The number of aromatic nitrogens is 7. The van der Waals surface area contributed by atoms with Crippen molar-refractivity contribution in [3.05, 3.63) is 58.3 Å². The number of primary sulfonamides is 1. The topological polar surface area (TPSA) is 172 Å². The summed E-state index contributed by atoms with van der Waals surface area (Å²) < 4.78 is 24.7. The van der Waals surface area contributed by atoms with Crippen LogP contribution in [-0.4, -0.2) is 42.9 Å². The SMILES string of the molecule is Cc1ncnc(C2CC2)c1-c1ncc2nc(NCc3ccc(S(N)(=O)=O)cn3)c(=O)n(C(C)C3CC3)c2n1. The zero-order chi connectivity index (χ0) is 26.6. The van der Waals surface area contributed by atoms with Crippen molar-refractivity contribution in [2.45, 2.75) is 62.9 Å². The monoisotopic (exact) mass is 533 g/mol. The molecule has 0 saturated heterocycles. The molecule has 1 unspecified atom stereocenters. The minimum Gasteiger partial charge on any atom is -0.360 e. The van der Waals surface area contributed by atoms with E-state index in [4.69, 9.17) is 10.1 Å². The van der Waals surface area contributed by atoms with Crippen molar-refractivity contribution in [2.24, 2.45) is 11.1 Å². The molecule has 1 atom stereocenters. The van der Waals surface area contributed by atoms with Gasteiger partial charge in [-0.3, -0.25) is 14.3 Å². The van der Waals surface area contributed by atoms with E-state index in [1.807, 2.05) is 13.8 Å². The highest BCUT2D eigenvalue weighted by atomic mass is 32.2. The highest BCUT2D eigenvalue weighted by Crippen LogP contribution is 2.43. The van der Waals surface area contributed by atoms with Crippen LogP contribution in [0.5, 0.6) is 0 Å². The van der Waals surface area contributed by atoms with Crippen LogP contribution in [0.2, 0.25) is 0 Å². The number of nitrogens with zero attached hydrogens (tertiary/aromatic N) is 7. The fraction of sp³-hybridized carbons (Fsp3) is 0.400. The number of fused-ring (bicyclic) bond motifs is 1. The van der Waals surface area contributed by atoms with Crippen LogP contribution in [-0.2, 0) is 16.6 Å². The lowest BCUT2D eigenvalue weighted by atomic mass is 10.1. The van der Waals surface area contributed by atoms with Gasteiger partial charge < -0.3 is 5.32 Å². The molecule has 6 rings (SSSR count). The maximum atomic E-state index is 13.7. The number of sulfonamides is 1. The quantitative estimate of drug-likeness (QED) is 0.343. The predicted octanol–water partition coefficient (Wildman–Crippen LogP) is 2.45. The number of nitrogens with two attached hydrogens (primary N) is 1. The van der Waals surface area contributed by atoms with Gasteiger partial charge in [0.25, 0.3) is 5.56 Å². The van der Waals surface area contributed by atoms with E-state index < -0.39 is 10.0 Å². The first-order valence-electron chi connectivity index (χ1n) is 12.5. The summed E-state index contributed by atoms with van der Waals surface area (Å²) in [6.45, 7) is 4.12. The van der Waals surface area contributed by atoms with E-state index in [2.05, 4.69) is 30.2 Å². The third-order valence-electron chi connectivity index (χ3n) is 7.16. The lowest BCUT2D eigenvalue weighted by Crippen LogP contribution is -2.29. The predicted molar refractivity (Wildman–Crippen MR) is 140 cm³/mol. The summed E-state index contributed by atoms with van der Waals surface area (Å²) in [5, 5.41) is 8.20. The fourth-order valence-corrected chi connectivity index (χ4v) is 5.15. The minimum absolute atomic E-state index is 0.0699. The molecular formula is C25H27N9O3S. The van der Waals surface area contributed by atoms with Crippen molar-refractivity contribution in [3.63, 3.8) is 0 Å². The van der Waals surface area contributed by atoms with Gasteiger partial charge in [-0.05, 0) is 57.6 Å². The van der Waals surface area contributed by atoms with Gasteiger partial charge in [-0.25, -0.2) is 38.5 Å². The molecule has 0 radical (unpaired) electrons. The van der Waals surface area contributed by atoms with Crippen LogP contribution in [0.4, 0.5) is 5.82 Å². The average molecular weight is 534 g/mol. The van der Waals surface area contributed by atoms with E-state index in [1.165, 1.54) is 18.3 Å². The minimum atomic E-state index is -3.84. The van der Waals surface area contributed by atoms with Crippen LogP contribution in [0.3, 0.4) is 0 Å². The van der Waals surface area contributed by atoms with E-state index in [-0.39, 0.29) is 28.9 Å². The van der Waals surface area contributed by atoms with Gasteiger partial charge in [-0.2, -0.15) is 0 Å². The molecular weight excluding hydrogens is 506 g/mol. The molecule has 4 aromatic rings. The van der Waals surface area contributed by atoms with Crippen molar-refractivity contribution in [2.75, 3.05) is 5.32 Å². The normalized spacial score (nSPS) is 16.5. The molecule has 13 heteroatoms. The number of rotatable bonds is 8. The smallest absolute Gasteiger partial charge is 0.295 e. The summed E-state index contributed by atoms with van der Waals surface area (Å²) in [4.78, 5) is 40.7. The Morgan fingerprint density at radius 1 is 1.08 bits per heavy atom. The first-order chi connectivity index (χ1) is 18.2. The van der Waals surface area contributed by atoms with E-state index in [1.54, 1.807) is 17.1 Å². The molecule has 0 spiro atoms. The fourth-order valence-electron chi connectivity index (χ4n) is 4.70. The highest BCUT2D eigenvalue weighted by Gasteiger charge is 2.33. The van der Waals surface area contributed by atoms with Gasteiger partial charge in [-0.1, -0.05) is 0 Å². The second-order valence-electron chi connectivity index (χ2n) is 9.99. The van der Waals surface area contributed by atoms with E-state index >= 15 is 0 Å². The molecule has 196 valence electrons. The third-order valence-corrected chi connectivity index (χ3v) is 8.06. The van der Waals surface area contributed by atoms with E-state index in [0.717, 1.165) is 42.6 Å². The Balaban J connectivity index is 1.40. The standard InChI is InChI=1S/C25H27N9O3S/c1-13-20(21(16-5-6-16)31-12-30-13)22-29-11-19-24(33-22)34(14(2)15-3-4-15)25(35)23(32-19)28-9-17-7-8-18(10-27-17)38(26,36)37/h7-8,10-12,14-16H,3-6,9H2,1-2H3,(H,28,32)(H2,26,36,37). The first kappa shape index (κ1) is 24.5. The summed E-state index contributed by atoms with van der Waals surface area (Å²) in [5.74, 6) is 1.42.